The zero-order chi connectivity index (χ0) is 13.9. The Kier molecular flexibility index (Phi) is 3.41. The SMILES string of the molecule is CCN(Cc1ccco1)c1cc2c(cc1N)OCCO2. The van der Waals surface area contributed by atoms with E-state index in [0.29, 0.717) is 31.2 Å². The van der Waals surface area contributed by atoms with Gasteiger partial charge in [0.15, 0.2) is 11.5 Å². The van der Waals surface area contributed by atoms with Crippen molar-refractivity contribution in [1.82, 2.24) is 0 Å². The van der Waals surface area contributed by atoms with E-state index in [0.717, 1.165) is 23.7 Å². The van der Waals surface area contributed by atoms with Crippen LogP contribution < -0.4 is 20.1 Å². The molecular weight excluding hydrogens is 256 g/mol. The Morgan fingerprint density at radius 3 is 2.60 bits per heavy atom. The lowest BCUT2D eigenvalue weighted by Gasteiger charge is -2.26. The van der Waals surface area contributed by atoms with E-state index in [2.05, 4.69) is 11.8 Å². The molecule has 1 aliphatic heterocycles. The second-order valence-electron chi connectivity index (χ2n) is 4.65. The van der Waals surface area contributed by atoms with Crippen LogP contribution in [-0.4, -0.2) is 19.8 Å². The minimum absolute atomic E-state index is 0.565. The van der Waals surface area contributed by atoms with Crippen LogP contribution >= 0.6 is 0 Å². The van der Waals surface area contributed by atoms with Crippen LogP contribution in [0.5, 0.6) is 11.5 Å². The van der Waals surface area contributed by atoms with Crippen molar-refractivity contribution in [2.75, 3.05) is 30.4 Å². The van der Waals surface area contributed by atoms with E-state index in [9.17, 15) is 0 Å². The van der Waals surface area contributed by atoms with Crippen LogP contribution in [0.1, 0.15) is 12.7 Å². The van der Waals surface area contributed by atoms with Gasteiger partial charge in [0.2, 0.25) is 0 Å². The van der Waals surface area contributed by atoms with Gasteiger partial charge in [-0.2, -0.15) is 0 Å². The molecule has 5 nitrogen and oxygen atoms in total. The fourth-order valence-electron chi connectivity index (χ4n) is 2.33. The van der Waals surface area contributed by atoms with Crippen LogP contribution in [0, 0.1) is 0 Å². The first-order valence-corrected chi connectivity index (χ1v) is 6.74. The number of furan rings is 1. The lowest BCUT2D eigenvalue weighted by molar-refractivity contribution is 0.172. The van der Waals surface area contributed by atoms with Gasteiger partial charge in [0.05, 0.1) is 24.2 Å². The summed E-state index contributed by atoms with van der Waals surface area (Å²) in [6.45, 7) is 4.72. The molecule has 0 fully saturated rings. The van der Waals surface area contributed by atoms with Crippen LogP contribution in [0.15, 0.2) is 34.9 Å². The molecule has 5 heteroatoms. The number of benzene rings is 1. The summed E-state index contributed by atoms with van der Waals surface area (Å²) in [7, 11) is 0. The molecule has 20 heavy (non-hydrogen) atoms. The van der Waals surface area contributed by atoms with E-state index in [1.165, 1.54) is 0 Å². The molecule has 0 unspecified atom stereocenters. The van der Waals surface area contributed by atoms with Crippen molar-refractivity contribution < 1.29 is 13.9 Å². The maximum absolute atomic E-state index is 6.14. The molecule has 2 aromatic rings. The quantitative estimate of drug-likeness (QED) is 0.868. The Balaban J connectivity index is 1.90. The molecule has 0 atom stereocenters. The van der Waals surface area contributed by atoms with Gasteiger partial charge in [-0.15, -0.1) is 0 Å². The van der Waals surface area contributed by atoms with Crippen LogP contribution in [0.4, 0.5) is 11.4 Å². The predicted octanol–water partition coefficient (Wildman–Crippen LogP) is 2.66. The zero-order valence-corrected chi connectivity index (χ0v) is 11.5. The van der Waals surface area contributed by atoms with Gasteiger partial charge < -0.3 is 24.5 Å². The molecule has 106 valence electrons. The average Bonchev–Trinajstić information content (AvgIpc) is 2.97. The molecule has 0 saturated heterocycles. The lowest BCUT2D eigenvalue weighted by Crippen LogP contribution is -2.23. The van der Waals surface area contributed by atoms with Gasteiger partial charge in [0.1, 0.15) is 19.0 Å². The van der Waals surface area contributed by atoms with Gasteiger partial charge in [-0.05, 0) is 19.1 Å². The average molecular weight is 274 g/mol. The Morgan fingerprint density at radius 1 is 1.20 bits per heavy atom. The van der Waals surface area contributed by atoms with Crippen molar-refractivity contribution >= 4 is 11.4 Å². The van der Waals surface area contributed by atoms with Gasteiger partial charge in [-0.1, -0.05) is 0 Å². The number of nitrogens with zero attached hydrogens (tertiary/aromatic N) is 1. The number of nitrogen functional groups attached to an aromatic ring is 1. The Labute approximate surface area is 117 Å². The minimum atomic E-state index is 0.565. The Hall–Kier alpha value is -2.30. The van der Waals surface area contributed by atoms with Crippen LogP contribution in [0.3, 0.4) is 0 Å². The summed E-state index contributed by atoms with van der Waals surface area (Å²) < 4.78 is 16.6. The molecule has 0 saturated carbocycles. The molecular formula is C15H18N2O3. The van der Waals surface area contributed by atoms with Crippen molar-refractivity contribution in [3.05, 3.63) is 36.3 Å². The van der Waals surface area contributed by atoms with Gasteiger partial charge in [0.25, 0.3) is 0 Å². The molecule has 1 aromatic heterocycles. The Bertz CT molecular complexity index is 581. The molecule has 2 heterocycles. The zero-order valence-electron chi connectivity index (χ0n) is 11.5. The van der Waals surface area contributed by atoms with E-state index >= 15 is 0 Å². The van der Waals surface area contributed by atoms with Crippen molar-refractivity contribution in [2.24, 2.45) is 0 Å². The highest BCUT2D eigenvalue weighted by Gasteiger charge is 2.18. The molecule has 2 N–H and O–H groups in total. The second-order valence-corrected chi connectivity index (χ2v) is 4.65. The molecule has 1 aromatic carbocycles. The summed E-state index contributed by atoms with van der Waals surface area (Å²) in [6, 6.07) is 7.61. The van der Waals surface area contributed by atoms with Crippen LogP contribution in [0.2, 0.25) is 0 Å². The van der Waals surface area contributed by atoms with Crippen LogP contribution in [-0.2, 0) is 6.54 Å². The predicted molar refractivity (Wildman–Crippen MR) is 77.3 cm³/mol. The largest absolute Gasteiger partial charge is 0.486 e. The van der Waals surface area contributed by atoms with Gasteiger partial charge in [-0.3, -0.25) is 0 Å². The number of anilines is 2. The highest BCUT2D eigenvalue weighted by Crippen LogP contribution is 2.38. The summed E-state index contributed by atoms with van der Waals surface area (Å²) in [6.07, 6.45) is 1.68. The fraction of sp³-hybridized carbons (Fsp3) is 0.333. The number of ether oxygens (including phenoxy) is 2. The lowest BCUT2D eigenvalue weighted by atomic mass is 10.2. The topological polar surface area (TPSA) is 60.9 Å². The Morgan fingerprint density at radius 2 is 1.95 bits per heavy atom. The van der Waals surface area contributed by atoms with Gasteiger partial charge in [0, 0.05) is 18.7 Å². The number of nitrogens with two attached hydrogens (primary N) is 1. The van der Waals surface area contributed by atoms with Gasteiger partial charge >= 0.3 is 0 Å². The summed E-state index contributed by atoms with van der Waals surface area (Å²) in [4.78, 5) is 2.15. The van der Waals surface area contributed by atoms with E-state index in [1.807, 2.05) is 24.3 Å². The first-order valence-electron chi connectivity index (χ1n) is 6.74. The number of rotatable bonds is 4. The maximum atomic E-state index is 6.14. The smallest absolute Gasteiger partial charge is 0.163 e. The highest BCUT2D eigenvalue weighted by atomic mass is 16.6. The summed E-state index contributed by atoms with van der Waals surface area (Å²) in [5, 5.41) is 0. The van der Waals surface area contributed by atoms with Crippen molar-refractivity contribution in [2.45, 2.75) is 13.5 Å². The maximum Gasteiger partial charge on any atom is 0.163 e. The van der Waals surface area contributed by atoms with E-state index in [1.54, 1.807) is 6.26 Å². The highest BCUT2D eigenvalue weighted by molar-refractivity contribution is 5.73. The third kappa shape index (κ3) is 2.39. The first kappa shape index (κ1) is 12.7. The molecule has 0 amide bonds. The van der Waals surface area contributed by atoms with E-state index < -0.39 is 0 Å². The number of hydrogen-bond acceptors (Lipinski definition) is 5. The molecule has 0 bridgehead atoms. The van der Waals surface area contributed by atoms with Crippen molar-refractivity contribution in [1.29, 1.82) is 0 Å². The number of hydrogen-bond donors (Lipinski definition) is 1. The first-order chi connectivity index (χ1) is 9.78. The van der Waals surface area contributed by atoms with Crippen molar-refractivity contribution in [3.63, 3.8) is 0 Å². The summed E-state index contributed by atoms with van der Waals surface area (Å²) >= 11 is 0. The van der Waals surface area contributed by atoms with Crippen molar-refractivity contribution in [3.8, 4) is 11.5 Å². The fourth-order valence-corrected chi connectivity index (χ4v) is 2.33. The summed E-state index contributed by atoms with van der Waals surface area (Å²) in [5.74, 6) is 2.37. The van der Waals surface area contributed by atoms with Crippen LogP contribution in [0.25, 0.3) is 0 Å². The monoisotopic (exact) mass is 274 g/mol. The molecule has 0 aliphatic carbocycles. The van der Waals surface area contributed by atoms with Gasteiger partial charge in [-0.25, -0.2) is 0 Å². The number of fused-ring (bicyclic) bond motifs is 1. The third-order valence-corrected chi connectivity index (χ3v) is 3.34. The normalized spacial score (nSPS) is 13.2. The van der Waals surface area contributed by atoms with E-state index in [4.69, 9.17) is 19.6 Å². The molecule has 3 rings (SSSR count). The standard InChI is InChI=1S/C15H18N2O3/c1-2-17(10-11-4-3-5-18-11)13-9-15-14(8-12(13)16)19-6-7-20-15/h3-5,8-9H,2,6-7,10,16H2,1H3. The molecule has 0 radical (unpaired) electrons. The minimum Gasteiger partial charge on any atom is -0.486 e. The third-order valence-electron chi connectivity index (χ3n) is 3.34. The second kappa shape index (κ2) is 5.36. The van der Waals surface area contributed by atoms with E-state index in [-0.39, 0.29) is 0 Å². The molecule has 1 aliphatic rings. The summed E-state index contributed by atoms with van der Waals surface area (Å²) in [5.41, 5.74) is 7.76. The molecule has 0 spiro atoms.